The molecule has 104 valence electrons. The lowest BCUT2D eigenvalue weighted by Gasteiger charge is -2.44. The van der Waals surface area contributed by atoms with E-state index in [0.29, 0.717) is 0 Å². The highest BCUT2D eigenvalue weighted by atomic mass is 16.5. The molecule has 0 aromatic heterocycles. The van der Waals surface area contributed by atoms with Crippen LogP contribution < -0.4 is 5.73 Å². The molecule has 2 heterocycles. The molecule has 0 bridgehead atoms. The van der Waals surface area contributed by atoms with Crippen LogP contribution in [0.15, 0.2) is 0 Å². The van der Waals surface area contributed by atoms with Crippen LogP contribution in [0.5, 0.6) is 0 Å². The maximum absolute atomic E-state index is 6.21. The first-order chi connectivity index (χ1) is 8.67. The van der Waals surface area contributed by atoms with Crippen LogP contribution in [0.2, 0.25) is 0 Å². The summed E-state index contributed by atoms with van der Waals surface area (Å²) >= 11 is 0. The Labute approximate surface area is 111 Å². The van der Waals surface area contributed by atoms with Gasteiger partial charge in [-0.25, -0.2) is 0 Å². The highest BCUT2D eigenvalue weighted by Gasteiger charge is 2.41. The molecule has 0 radical (unpaired) electrons. The summed E-state index contributed by atoms with van der Waals surface area (Å²) in [6.07, 6.45) is 7.28. The first-order valence-electron chi connectivity index (χ1n) is 7.73. The smallest absolute Gasteiger partial charge is 0.0624 e. The summed E-state index contributed by atoms with van der Waals surface area (Å²) in [6.45, 7) is 7.63. The number of fused-ring (bicyclic) bond motifs is 1. The zero-order valence-electron chi connectivity index (χ0n) is 11.7. The Balaban J connectivity index is 1.57. The molecular formula is C15H28N2O. The molecule has 2 saturated heterocycles. The van der Waals surface area contributed by atoms with Crippen molar-refractivity contribution in [3.8, 4) is 0 Å². The number of rotatable bonds is 2. The number of hydrogen-bond donors (Lipinski definition) is 1. The third kappa shape index (κ3) is 2.45. The van der Waals surface area contributed by atoms with Gasteiger partial charge in [-0.3, -0.25) is 0 Å². The first kappa shape index (κ1) is 12.9. The Bertz CT molecular complexity index is 296. The van der Waals surface area contributed by atoms with Crippen molar-refractivity contribution in [3.63, 3.8) is 0 Å². The summed E-state index contributed by atoms with van der Waals surface area (Å²) in [6, 6.07) is 0.224. The monoisotopic (exact) mass is 252 g/mol. The van der Waals surface area contributed by atoms with Crippen molar-refractivity contribution < 1.29 is 4.74 Å². The lowest BCUT2D eigenvalue weighted by atomic mass is 9.74. The minimum absolute atomic E-state index is 0.182. The number of nitrogens with two attached hydrogens (primary N) is 1. The largest absolute Gasteiger partial charge is 0.379 e. The van der Waals surface area contributed by atoms with E-state index in [1.54, 1.807) is 0 Å². The van der Waals surface area contributed by atoms with E-state index in [1.165, 1.54) is 45.2 Å². The summed E-state index contributed by atoms with van der Waals surface area (Å²) in [4.78, 5) is 2.67. The molecule has 0 aromatic carbocycles. The van der Waals surface area contributed by atoms with Crippen molar-refractivity contribution in [3.05, 3.63) is 0 Å². The second kappa shape index (κ2) is 5.10. The molecule has 4 atom stereocenters. The minimum Gasteiger partial charge on any atom is -0.379 e. The first-order valence-corrected chi connectivity index (χ1v) is 7.73. The zero-order valence-corrected chi connectivity index (χ0v) is 11.7. The van der Waals surface area contributed by atoms with Gasteiger partial charge in [0, 0.05) is 24.5 Å². The van der Waals surface area contributed by atoms with Gasteiger partial charge in [0.25, 0.3) is 0 Å². The normalized spacial score (nSPS) is 46.0. The van der Waals surface area contributed by atoms with Crippen molar-refractivity contribution >= 4 is 0 Å². The summed E-state index contributed by atoms with van der Waals surface area (Å²) in [5.41, 5.74) is 6.39. The predicted molar refractivity (Wildman–Crippen MR) is 73.4 cm³/mol. The van der Waals surface area contributed by atoms with E-state index in [-0.39, 0.29) is 11.5 Å². The van der Waals surface area contributed by atoms with E-state index in [2.05, 4.69) is 11.8 Å². The molecule has 3 nitrogen and oxygen atoms in total. The third-order valence-corrected chi connectivity index (χ3v) is 5.58. The van der Waals surface area contributed by atoms with E-state index < -0.39 is 0 Å². The summed E-state index contributed by atoms with van der Waals surface area (Å²) in [5, 5.41) is 0. The molecule has 2 N–H and O–H groups in total. The molecule has 1 saturated carbocycles. The fourth-order valence-electron chi connectivity index (χ4n) is 4.22. The highest BCUT2D eigenvalue weighted by Crippen LogP contribution is 2.37. The molecule has 2 aliphatic heterocycles. The Morgan fingerprint density at radius 3 is 2.72 bits per heavy atom. The Morgan fingerprint density at radius 2 is 2.00 bits per heavy atom. The summed E-state index contributed by atoms with van der Waals surface area (Å²) in [5.74, 6) is 1.99. The van der Waals surface area contributed by atoms with Gasteiger partial charge in [-0.05, 0) is 31.2 Å². The molecule has 3 heteroatoms. The van der Waals surface area contributed by atoms with Crippen LogP contribution in [0.25, 0.3) is 0 Å². The molecule has 0 aromatic rings. The van der Waals surface area contributed by atoms with Gasteiger partial charge in [0.15, 0.2) is 0 Å². The van der Waals surface area contributed by atoms with Crippen molar-refractivity contribution in [2.24, 2.45) is 23.0 Å². The molecule has 1 aliphatic carbocycles. The lowest BCUT2D eigenvalue weighted by molar-refractivity contribution is 0.0483. The van der Waals surface area contributed by atoms with E-state index in [4.69, 9.17) is 10.5 Å². The van der Waals surface area contributed by atoms with Gasteiger partial charge in [-0.1, -0.05) is 26.2 Å². The van der Waals surface area contributed by atoms with Gasteiger partial charge < -0.3 is 15.4 Å². The van der Waals surface area contributed by atoms with E-state index in [9.17, 15) is 0 Å². The zero-order chi connectivity index (χ0) is 12.6. The van der Waals surface area contributed by atoms with Crippen LogP contribution in [0.1, 0.15) is 39.0 Å². The fraction of sp³-hybridized carbons (Fsp3) is 1.00. The number of nitrogens with zero attached hydrogens (tertiary/aromatic N) is 1. The van der Waals surface area contributed by atoms with Gasteiger partial charge in [0.05, 0.1) is 13.2 Å². The summed E-state index contributed by atoms with van der Waals surface area (Å²) in [7, 11) is 0. The number of ether oxygens (including phenoxy) is 1. The van der Waals surface area contributed by atoms with Crippen LogP contribution >= 0.6 is 0 Å². The molecule has 0 spiro atoms. The van der Waals surface area contributed by atoms with E-state index in [1.807, 2.05) is 0 Å². The quantitative estimate of drug-likeness (QED) is 0.815. The average Bonchev–Trinajstić information content (AvgIpc) is 2.69. The second-order valence-electron chi connectivity index (χ2n) is 7.10. The second-order valence-corrected chi connectivity index (χ2v) is 7.10. The van der Waals surface area contributed by atoms with Gasteiger partial charge in [-0.15, -0.1) is 0 Å². The van der Waals surface area contributed by atoms with Crippen molar-refractivity contribution in [2.75, 3.05) is 32.8 Å². The Morgan fingerprint density at radius 1 is 1.22 bits per heavy atom. The van der Waals surface area contributed by atoms with Crippen LogP contribution in [0, 0.1) is 17.3 Å². The van der Waals surface area contributed by atoms with Gasteiger partial charge in [0.1, 0.15) is 0 Å². The van der Waals surface area contributed by atoms with Crippen LogP contribution in [-0.4, -0.2) is 43.8 Å². The van der Waals surface area contributed by atoms with Gasteiger partial charge in [0.2, 0.25) is 0 Å². The molecule has 3 aliphatic rings. The van der Waals surface area contributed by atoms with Gasteiger partial charge in [-0.2, -0.15) is 0 Å². The Hall–Kier alpha value is -0.120. The standard InChI is InChI=1S/C15H28N2O/c1-15(11-18-9-14(15)16)10-17-7-6-12-4-2-3-5-13(12)8-17/h12-14H,2-11,16H2,1H3. The van der Waals surface area contributed by atoms with Gasteiger partial charge >= 0.3 is 0 Å². The lowest BCUT2D eigenvalue weighted by Crippen LogP contribution is -2.51. The number of likely N-dealkylation sites (tertiary alicyclic amines) is 1. The Kier molecular flexibility index (Phi) is 3.65. The maximum Gasteiger partial charge on any atom is 0.0624 e. The molecule has 18 heavy (non-hydrogen) atoms. The van der Waals surface area contributed by atoms with Crippen molar-refractivity contribution in [1.82, 2.24) is 4.90 Å². The van der Waals surface area contributed by atoms with Crippen LogP contribution in [0.4, 0.5) is 0 Å². The average molecular weight is 252 g/mol. The number of piperidine rings is 1. The molecule has 0 amide bonds. The molecular weight excluding hydrogens is 224 g/mol. The fourth-order valence-corrected chi connectivity index (χ4v) is 4.22. The molecule has 3 rings (SSSR count). The van der Waals surface area contributed by atoms with E-state index in [0.717, 1.165) is 31.6 Å². The molecule has 4 unspecified atom stereocenters. The van der Waals surface area contributed by atoms with Crippen LogP contribution in [-0.2, 0) is 4.74 Å². The topological polar surface area (TPSA) is 38.5 Å². The highest BCUT2D eigenvalue weighted by molar-refractivity contribution is 4.94. The van der Waals surface area contributed by atoms with Crippen LogP contribution in [0.3, 0.4) is 0 Å². The SMILES string of the molecule is CC1(CN2CCC3CCCCC3C2)COCC1N. The minimum atomic E-state index is 0.182. The third-order valence-electron chi connectivity index (χ3n) is 5.58. The van der Waals surface area contributed by atoms with Crippen molar-refractivity contribution in [1.29, 1.82) is 0 Å². The summed E-state index contributed by atoms with van der Waals surface area (Å²) < 4.78 is 5.57. The maximum atomic E-state index is 6.21. The molecule has 3 fully saturated rings. The van der Waals surface area contributed by atoms with Crippen molar-refractivity contribution in [2.45, 2.75) is 45.1 Å². The predicted octanol–water partition coefficient (Wildman–Crippen LogP) is 1.86. The number of hydrogen-bond acceptors (Lipinski definition) is 3. The van der Waals surface area contributed by atoms with E-state index >= 15 is 0 Å².